The predicted octanol–water partition coefficient (Wildman–Crippen LogP) is 4.51. The van der Waals surface area contributed by atoms with Crippen LogP contribution in [0, 0.1) is 6.92 Å². The molecule has 0 saturated carbocycles. The molecule has 18 heavy (non-hydrogen) atoms. The van der Waals surface area contributed by atoms with E-state index >= 15 is 0 Å². The number of hydrogen-bond donors (Lipinski definition) is 1. The van der Waals surface area contributed by atoms with Crippen LogP contribution in [0.1, 0.15) is 10.4 Å². The Bertz CT molecular complexity index is 510. The van der Waals surface area contributed by atoms with Gasteiger partial charge in [0, 0.05) is 31.8 Å². The van der Waals surface area contributed by atoms with E-state index in [0.29, 0.717) is 0 Å². The van der Waals surface area contributed by atoms with Crippen LogP contribution in [-0.2, 0) is 6.42 Å². The van der Waals surface area contributed by atoms with Gasteiger partial charge in [-0.2, -0.15) is 0 Å². The topological polar surface area (TPSA) is 20.2 Å². The van der Waals surface area contributed by atoms with Crippen LogP contribution in [0.25, 0.3) is 0 Å². The third kappa shape index (κ3) is 4.12. The second-order valence-corrected chi connectivity index (χ2v) is 7.14. The number of hydrogen-bond acceptors (Lipinski definition) is 3. The predicted molar refractivity (Wildman–Crippen MR) is 83.6 cm³/mol. The molecule has 2 aromatic rings. The highest BCUT2D eigenvalue weighted by molar-refractivity contribution is 9.10. The SMILES string of the molecule is Cc1ccccc1SCC(O)Cc1cc(Br)cs1. The number of aliphatic hydroxyl groups is 1. The Morgan fingerprint density at radius 2 is 2.17 bits per heavy atom. The molecule has 1 aromatic heterocycles. The molecule has 4 heteroatoms. The molecule has 0 aliphatic carbocycles. The van der Waals surface area contributed by atoms with Gasteiger partial charge in [0.1, 0.15) is 0 Å². The molecule has 0 aliphatic heterocycles. The molecule has 1 nitrogen and oxygen atoms in total. The van der Waals surface area contributed by atoms with Crippen LogP contribution in [0.3, 0.4) is 0 Å². The maximum atomic E-state index is 10.0. The number of halogens is 1. The molecular weight excluding hydrogens is 328 g/mol. The van der Waals surface area contributed by atoms with Gasteiger partial charge < -0.3 is 5.11 Å². The van der Waals surface area contributed by atoms with Crippen molar-refractivity contribution in [2.45, 2.75) is 24.3 Å². The first-order chi connectivity index (χ1) is 8.65. The smallest absolute Gasteiger partial charge is 0.0682 e. The highest BCUT2D eigenvalue weighted by atomic mass is 79.9. The lowest BCUT2D eigenvalue weighted by atomic mass is 10.2. The zero-order valence-corrected chi connectivity index (χ0v) is 13.3. The Balaban J connectivity index is 1.85. The average molecular weight is 343 g/mol. The standard InChI is InChI=1S/C14H15BrOS2/c1-10-4-2-3-5-14(10)18-9-12(16)7-13-6-11(15)8-17-13/h2-6,8,12,16H,7,9H2,1H3. The number of rotatable bonds is 5. The number of aryl methyl sites for hydroxylation is 1. The number of aliphatic hydroxyl groups excluding tert-OH is 1. The lowest BCUT2D eigenvalue weighted by Crippen LogP contribution is -2.12. The van der Waals surface area contributed by atoms with Gasteiger partial charge in [-0.15, -0.1) is 23.1 Å². The first-order valence-electron chi connectivity index (χ1n) is 5.74. The lowest BCUT2D eigenvalue weighted by molar-refractivity contribution is 0.201. The summed E-state index contributed by atoms with van der Waals surface area (Å²) in [7, 11) is 0. The van der Waals surface area contributed by atoms with Gasteiger partial charge in [-0.1, -0.05) is 18.2 Å². The van der Waals surface area contributed by atoms with E-state index < -0.39 is 0 Å². The summed E-state index contributed by atoms with van der Waals surface area (Å²) in [5.41, 5.74) is 1.27. The van der Waals surface area contributed by atoms with E-state index in [0.717, 1.165) is 16.6 Å². The van der Waals surface area contributed by atoms with Crippen LogP contribution in [0.15, 0.2) is 45.1 Å². The third-order valence-electron chi connectivity index (χ3n) is 2.58. The molecule has 0 radical (unpaired) electrons. The minimum absolute atomic E-state index is 0.292. The molecule has 1 N–H and O–H groups in total. The maximum absolute atomic E-state index is 10.0. The summed E-state index contributed by atoms with van der Waals surface area (Å²) in [5.74, 6) is 0.736. The fourth-order valence-electron chi connectivity index (χ4n) is 1.66. The zero-order valence-electron chi connectivity index (χ0n) is 10.1. The summed E-state index contributed by atoms with van der Waals surface area (Å²) in [6.45, 7) is 2.10. The van der Waals surface area contributed by atoms with Gasteiger partial charge in [0.25, 0.3) is 0 Å². The summed E-state index contributed by atoms with van der Waals surface area (Å²) < 4.78 is 1.10. The quantitative estimate of drug-likeness (QED) is 0.806. The summed E-state index contributed by atoms with van der Waals surface area (Å²) in [5, 5.41) is 12.1. The van der Waals surface area contributed by atoms with E-state index in [9.17, 15) is 5.11 Å². The van der Waals surface area contributed by atoms with E-state index in [1.54, 1.807) is 23.1 Å². The van der Waals surface area contributed by atoms with Crippen molar-refractivity contribution in [1.29, 1.82) is 0 Å². The molecule has 0 saturated heterocycles. The van der Waals surface area contributed by atoms with Crippen molar-refractivity contribution >= 4 is 39.0 Å². The second kappa shape index (κ2) is 6.75. The van der Waals surface area contributed by atoms with Crippen molar-refractivity contribution in [2.24, 2.45) is 0 Å². The Hall–Kier alpha value is -0.290. The fourth-order valence-corrected chi connectivity index (χ4v) is 4.14. The minimum Gasteiger partial charge on any atom is -0.392 e. The van der Waals surface area contributed by atoms with E-state index in [2.05, 4.69) is 46.4 Å². The molecule has 2 rings (SSSR count). The van der Waals surface area contributed by atoms with Crippen molar-refractivity contribution in [1.82, 2.24) is 0 Å². The van der Waals surface area contributed by atoms with Gasteiger partial charge in [-0.3, -0.25) is 0 Å². The molecule has 1 atom stereocenters. The second-order valence-electron chi connectivity index (χ2n) is 4.17. The zero-order chi connectivity index (χ0) is 13.0. The lowest BCUT2D eigenvalue weighted by Gasteiger charge is -2.10. The molecule has 0 fully saturated rings. The Morgan fingerprint density at radius 1 is 1.39 bits per heavy atom. The highest BCUT2D eigenvalue weighted by Gasteiger charge is 2.09. The normalized spacial score (nSPS) is 12.6. The van der Waals surface area contributed by atoms with E-state index in [1.165, 1.54) is 15.3 Å². The van der Waals surface area contributed by atoms with E-state index in [-0.39, 0.29) is 6.10 Å². The molecule has 1 heterocycles. The van der Waals surface area contributed by atoms with Gasteiger partial charge in [-0.05, 0) is 40.5 Å². The molecule has 1 unspecified atom stereocenters. The van der Waals surface area contributed by atoms with Gasteiger partial charge in [-0.25, -0.2) is 0 Å². The molecule has 96 valence electrons. The van der Waals surface area contributed by atoms with Crippen LogP contribution in [0.4, 0.5) is 0 Å². The Kier molecular flexibility index (Phi) is 5.30. The van der Waals surface area contributed by atoms with Crippen LogP contribution in [-0.4, -0.2) is 17.0 Å². The molecule has 1 aromatic carbocycles. The molecule has 0 bridgehead atoms. The van der Waals surface area contributed by atoms with Crippen molar-refractivity contribution in [3.8, 4) is 0 Å². The maximum Gasteiger partial charge on any atom is 0.0682 e. The Labute approximate surface area is 124 Å². The Morgan fingerprint density at radius 3 is 2.83 bits per heavy atom. The summed E-state index contributed by atoms with van der Waals surface area (Å²) in [6, 6.07) is 10.4. The molecule has 0 spiro atoms. The van der Waals surface area contributed by atoms with E-state index in [1.807, 2.05) is 12.1 Å². The first-order valence-corrected chi connectivity index (χ1v) is 8.40. The largest absolute Gasteiger partial charge is 0.392 e. The summed E-state index contributed by atoms with van der Waals surface area (Å²) in [6.07, 6.45) is 0.440. The molecular formula is C14H15BrOS2. The monoisotopic (exact) mass is 342 g/mol. The number of thioether (sulfide) groups is 1. The van der Waals surface area contributed by atoms with E-state index in [4.69, 9.17) is 0 Å². The van der Waals surface area contributed by atoms with Gasteiger partial charge in [0.2, 0.25) is 0 Å². The van der Waals surface area contributed by atoms with Gasteiger partial charge in [0.05, 0.1) is 6.10 Å². The number of thiophene rings is 1. The summed E-state index contributed by atoms with van der Waals surface area (Å²) >= 11 is 6.84. The number of benzene rings is 1. The summed E-state index contributed by atoms with van der Waals surface area (Å²) in [4.78, 5) is 2.48. The highest BCUT2D eigenvalue weighted by Crippen LogP contribution is 2.25. The van der Waals surface area contributed by atoms with Crippen LogP contribution in [0.2, 0.25) is 0 Å². The molecule has 0 aliphatic rings. The van der Waals surface area contributed by atoms with Crippen LogP contribution in [0.5, 0.6) is 0 Å². The molecule has 0 amide bonds. The fraction of sp³-hybridized carbons (Fsp3) is 0.286. The van der Waals surface area contributed by atoms with Crippen LogP contribution < -0.4 is 0 Å². The van der Waals surface area contributed by atoms with Crippen molar-refractivity contribution in [2.75, 3.05) is 5.75 Å². The van der Waals surface area contributed by atoms with Gasteiger partial charge in [0.15, 0.2) is 0 Å². The van der Waals surface area contributed by atoms with Crippen LogP contribution >= 0.6 is 39.0 Å². The third-order valence-corrected chi connectivity index (χ3v) is 5.62. The van der Waals surface area contributed by atoms with Crippen molar-refractivity contribution in [3.05, 3.63) is 50.6 Å². The first kappa shape index (κ1) is 14.1. The average Bonchev–Trinajstić information content (AvgIpc) is 2.74. The van der Waals surface area contributed by atoms with Crippen molar-refractivity contribution < 1.29 is 5.11 Å². The minimum atomic E-state index is -0.292. The van der Waals surface area contributed by atoms with Gasteiger partial charge >= 0.3 is 0 Å². The van der Waals surface area contributed by atoms with Crippen molar-refractivity contribution in [3.63, 3.8) is 0 Å².